The first-order chi connectivity index (χ1) is 11.3. The molecule has 23 heavy (non-hydrogen) atoms. The van der Waals surface area contributed by atoms with Crippen molar-refractivity contribution in [2.24, 2.45) is 0 Å². The molecule has 1 aromatic heterocycles. The molecule has 0 spiro atoms. The summed E-state index contributed by atoms with van der Waals surface area (Å²) in [6, 6.07) is 7.42. The van der Waals surface area contributed by atoms with Crippen molar-refractivity contribution >= 4 is 22.7 Å². The zero-order valence-electron chi connectivity index (χ0n) is 12.6. The number of H-pyrrole nitrogens is 1. The Hall–Kier alpha value is -2.45. The lowest BCUT2D eigenvalue weighted by Gasteiger charge is -2.22. The number of para-hydroxylation sites is 1. The molecule has 2 heterocycles. The second-order valence-corrected chi connectivity index (χ2v) is 5.23. The number of carbonyl (C=O) groups excluding carboxylic acids is 2. The molecule has 1 atom stereocenters. The molecule has 8 nitrogen and oxygen atoms in total. The highest BCUT2D eigenvalue weighted by molar-refractivity contribution is 6.04. The number of fused-ring (bicyclic) bond motifs is 1. The quantitative estimate of drug-likeness (QED) is 0.551. The summed E-state index contributed by atoms with van der Waals surface area (Å²) in [7, 11) is 0. The maximum absolute atomic E-state index is 12.1. The third-order valence-electron chi connectivity index (χ3n) is 3.62. The molecule has 8 heteroatoms. The van der Waals surface area contributed by atoms with E-state index < -0.39 is 6.10 Å². The van der Waals surface area contributed by atoms with Crippen molar-refractivity contribution in [1.29, 1.82) is 0 Å². The van der Waals surface area contributed by atoms with Gasteiger partial charge in [0.05, 0.1) is 12.1 Å². The summed E-state index contributed by atoms with van der Waals surface area (Å²) in [6.45, 7) is 2.47. The van der Waals surface area contributed by atoms with E-state index in [0.29, 0.717) is 31.9 Å². The number of hydrogen-bond acceptors (Lipinski definition) is 5. The number of rotatable bonds is 5. The molecule has 1 unspecified atom stereocenters. The molecule has 0 radical (unpaired) electrons. The fraction of sp³-hybridized carbons (Fsp3) is 0.400. The number of morpholine rings is 1. The number of nitrogens with one attached hydrogen (secondary N) is 4. The van der Waals surface area contributed by atoms with Gasteiger partial charge in [0.25, 0.3) is 11.8 Å². The van der Waals surface area contributed by atoms with E-state index in [1.165, 1.54) is 0 Å². The van der Waals surface area contributed by atoms with E-state index in [9.17, 15) is 9.59 Å². The highest BCUT2D eigenvalue weighted by Gasteiger charge is 2.21. The van der Waals surface area contributed by atoms with E-state index in [1.807, 2.05) is 24.3 Å². The average molecular weight is 317 g/mol. The summed E-state index contributed by atoms with van der Waals surface area (Å²) in [4.78, 5) is 24.0. The van der Waals surface area contributed by atoms with Crippen LogP contribution in [0.5, 0.6) is 0 Å². The van der Waals surface area contributed by atoms with Gasteiger partial charge in [-0.1, -0.05) is 18.2 Å². The molecule has 3 rings (SSSR count). The van der Waals surface area contributed by atoms with E-state index >= 15 is 0 Å². The first-order valence-electron chi connectivity index (χ1n) is 7.57. The highest BCUT2D eigenvalue weighted by atomic mass is 16.5. The molecule has 0 bridgehead atoms. The Balaban J connectivity index is 1.45. The summed E-state index contributed by atoms with van der Waals surface area (Å²) in [5, 5.41) is 16.2. The van der Waals surface area contributed by atoms with Crippen molar-refractivity contribution in [3.05, 3.63) is 30.0 Å². The lowest BCUT2D eigenvalue weighted by Crippen LogP contribution is -2.49. The molecule has 2 amide bonds. The number of hydrogen-bond donors (Lipinski definition) is 4. The number of nitrogens with zero attached hydrogens (tertiary/aromatic N) is 1. The monoisotopic (exact) mass is 317 g/mol. The molecule has 0 aliphatic carbocycles. The number of benzene rings is 1. The fourth-order valence-electron chi connectivity index (χ4n) is 2.43. The summed E-state index contributed by atoms with van der Waals surface area (Å²) < 4.78 is 5.35. The van der Waals surface area contributed by atoms with Crippen LogP contribution in [0.4, 0.5) is 0 Å². The largest absolute Gasteiger partial charge is 0.366 e. The number of carbonyl (C=O) groups is 2. The Morgan fingerprint density at radius 2 is 2.09 bits per heavy atom. The van der Waals surface area contributed by atoms with Crippen LogP contribution < -0.4 is 16.0 Å². The summed E-state index contributed by atoms with van der Waals surface area (Å²) in [5.74, 6) is -0.441. The number of ether oxygens (including phenoxy) is 1. The van der Waals surface area contributed by atoms with Gasteiger partial charge in [-0.3, -0.25) is 14.7 Å². The molecule has 0 saturated carbocycles. The van der Waals surface area contributed by atoms with Gasteiger partial charge in [0.15, 0.2) is 5.69 Å². The molecule has 1 aliphatic heterocycles. The van der Waals surface area contributed by atoms with Crippen molar-refractivity contribution in [3.63, 3.8) is 0 Å². The van der Waals surface area contributed by atoms with Gasteiger partial charge in [-0.25, -0.2) is 0 Å². The standard InChI is InChI=1S/C15H19N5O3/c21-14(12-9-16-7-8-23-12)17-5-6-18-15(22)13-10-3-1-2-4-11(10)19-20-13/h1-4,12,16H,5-9H2,(H,17,21)(H,18,22)(H,19,20). The van der Waals surface area contributed by atoms with E-state index in [-0.39, 0.29) is 11.8 Å². The van der Waals surface area contributed by atoms with Crippen LogP contribution in [0.15, 0.2) is 24.3 Å². The molecular weight excluding hydrogens is 298 g/mol. The topological polar surface area (TPSA) is 108 Å². The zero-order chi connectivity index (χ0) is 16.1. The first-order valence-corrected chi connectivity index (χ1v) is 7.57. The third kappa shape index (κ3) is 3.66. The van der Waals surface area contributed by atoms with Crippen LogP contribution in [-0.2, 0) is 9.53 Å². The number of amides is 2. The summed E-state index contributed by atoms with van der Waals surface area (Å²) in [5.41, 5.74) is 1.17. The number of aromatic nitrogens is 2. The summed E-state index contributed by atoms with van der Waals surface area (Å²) in [6.07, 6.45) is -0.463. The van der Waals surface area contributed by atoms with Gasteiger partial charge in [0.1, 0.15) is 6.10 Å². The van der Waals surface area contributed by atoms with E-state index in [2.05, 4.69) is 26.1 Å². The normalized spacial score (nSPS) is 17.8. The molecule has 122 valence electrons. The Morgan fingerprint density at radius 1 is 1.26 bits per heavy atom. The molecule has 2 aromatic rings. The number of aromatic amines is 1. The van der Waals surface area contributed by atoms with Gasteiger partial charge >= 0.3 is 0 Å². The SMILES string of the molecule is O=C(NCCNC(=O)C1CNCCO1)c1n[nH]c2ccccc12. The molecule has 1 saturated heterocycles. The van der Waals surface area contributed by atoms with Gasteiger partial charge in [-0.15, -0.1) is 0 Å². The van der Waals surface area contributed by atoms with Crippen molar-refractivity contribution in [2.45, 2.75) is 6.10 Å². The lowest BCUT2D eigenvalue weighted by molar-refractivity contribution is -0.134. The van der Waals surface area contributed by atoms with Crippen LogP contribution in [0.25, 0.3) is 10.9 Å². The Kier molecular flexibility index (Phi) is 4.84. The highest BCUT2D eigenvalue weighted by Crippen LogP contribution is 2.14. The minimum absolute atomic E-state index is 0.170. The smallest absolute Gasteiger partial charge is 0.272 e. The minimum Gasteiger partial charge on any atom is -0.366 e. The Labute approximate surface area is 133 Å². The molecule has 1 aromatic carbocycles. The fourth-order valence-corrected chi connectivity index (χ4v) is 2.43. The second kappa shape index (κ2) is 7.21. The Bertz CT molecular complexity index is 693. The van der Waals surface area contributed by atoms with Crippen molar-refractivity contribution in [3.8, 4) is 0 Å². The molecule has 1 aliphatic rings. The third-order valence-corrected chi connectivity index (χ3v) is 3.62. The molecule has 1 fully saturated rings. The van der Waals surface area contributed by atoms with Gasteiger partial charge in [0, 0.05) is 31.6 Å². The van der Waals surface area contributed by atoms with Crippen LogP contribution in [0.3, 0.4) is 0 Å². The molecular formula is C15H19N5O3. The van der Waals surface area contributed by atoms with Crippen LogP contribution in [0.1, 0.15) is 10.5 Å². The van der Waals surface area contributed by atoms with E-state index in [1.54, 1.807) is 0 Å². The predicted octanol–water partition coefficient (Wildman–Crippen LogP) is -0.603. The van der Waals surface area contributed by atoms with Crippen molar-refractivity contribution in [1.82, 2.24) is 26.1 Å². The van der Waals surface area contributed by atoms with Gasteiger partial charge < -0.3 is 20.7 Å². The predicted molar refractivity (Wildman–Crippen MR) is 84.0 cm³/mol. The second-order valence-electron chi connectivity index (χ2n) is 5.23. The van der Waals surface area contributed by atoms with Crippen LogP contribution in [0, 0.1) is 0 Å². The van der Waals surface area contributed by atoms with Gasteiger partial charge in [-0.2, -0.15) is 5.10 Å². The Morgan fingerprint density at radius 3 is 2.91 bits per heavy atom. The van der Waals surface area contributed by atoms with Crippen LogP contribution in [-0.4, -0.2) is 60.9 Å². The zero-order valence-corrected chi connectivity index (χ0v) is 12.6. The average Bonchev–Trinajstić information content (AvgIpc) is 3.03. The van der Waals surface area contributed by atoms with Gasteiger partial charge in [0.2, 0.25) is 0 Å². The van der Waals surface area contributed by atoms with Gasteiger partial charge in [-0.05, 0) is 6.07 Å². The molecule has 4 N–H and O–H groups in total. The first kappa shape index (κ1) is 15.4. The maximum Gasteiger partial charge on any atom is 0.272 e. The van der Waals surface area contributed by atoms with Crippen LogP contribution in [0.2, 0.25) is 0 Å². The minimum atomic E-state index is -0.463. The lowest BCUT2D eigenvalue weighted by atomic mass is 10.2. The van der Waals surface area contributed by atoms with Crippen LogP contribution >= 0.6 is 0 Å². The van der Waals surface area contributed by atoms with Crippen molar-refractivity contribution < 1.29 is 14.3 Å². The summed E-state index contributed by atoms with van der Waals surface area (Å²) >= 11 is 0. The van der Waals surface area contributed by atoms with Crippen molar-refractivity contribution in [2.75, 3.05) is 32.8 Å². The maximum atomic E-state index is 12.1. The van der Waals surface area contributed by atoms with E-state index in [0.717, 1.165) is 17.4 Å². The van der Waals surface area contributed by atoms with E-state index in [4.69, 9.17) is 4.74 Å².